The highest BCUT2D eigenvalue weighted by Crippen LogP contribution is 2.28. The quantitative estimate of drug-likeness (QED) is 0.733. The number of rotatable bonds is 7. The second-order valence-corrected chi connectivity index (χ2v) is 6.19. The van der Waals surface area contributed by atoms with E-state index in [0.29, 0.717) is 18.4 Å². The van der Waals surface area contributed by atoms with Crippen LogP contribution in [0.3, 0.4) is 0 Å². The number of Topliss-reactive ketones (excluding diaryl/α,β-unsaturated/α-hetero) is 1. The number of nitrogens with two attached hydrogens (primary N) is 1. The summed E-state index contributed by atoms with van der Waals surface area (Å²) in [6.07, 6.45) is 0.211. The summed E-state index contributed by atoms with van der Waals surface area (Å²) in [6, 6.07) is 5.58. The summed E-state index contributed by atoms with van der Waals surface area (Å²) in [4.78, 5) is 12.3. The zero-order valence-corrected chi connectivity index (χ0v) is 13.2. The average molecular weight is 315 g/mol. The minimum Gasteiger partial charge on any atom is -0.369 e. The van der Waals surface area contributed by atoms with Crippen molar-refractivity contribution in [3.05, 3.63) is 34.9 Å². The van der Waals surface area contributed by atoms with Gasteiger partial charge in [0.05, 0.1) is 0 Å². The number of carbonyl (C=O) groups excluding carboxylic acids is 1. The Morgan fingerprint density at radius 2 is 1.76 bits per heavy atom. The molecule has 0 radical (unpaired) electrons. The molecule has 1 aromatic carbocycles. The van der Waals surface area contributed by atoms with E-state index in [9.17, 15) is 13.2 Å². The lowest BCUT2D eigenvalue weighted by molar-refractivity contribution is -0.128. The van der Waals surface area contributed by atoms with Gasteiger partial charge in [0.15, 0.2) is 5.37 Å². The molecule has 0 saturated carbocycles. The van der Waals surface area contributed by atoms with Crippen molar-refractivity contribution >= 4 is 15.9 Å². The Balaban J connectivity index is 3.37. The number of hydrogen-bond acceptors (Lipinski definition) is 5. The first-order valence-corrected chi connectivity index (χ1v) is 8.17. The number of benzene rings is 1. The number of carbonyl (C=O) groups is 1. The summed E-state index contributed by atoms with van der Waals surface area (Å²) in [5.41, 5.74) is 7.73. The van der Waals surface area contributed by atoms with Crippen molar-refractivity contribution in [1.29, 1.82) is 0 Å². The highest BCUT2D eigenvalue weighted by Gasteiger charge is 2.35. The molecular formula is C14H21NO5S. The Kier molecular flexibility index (Phi) is 6.03. The van der Waals surface area contributed by atoms with E-state index >= 15 is 0 Å². The van der Waals surface area contributed by atoms with Gasteiger partial charge in [-0.25, -0.2) is 0 Å². The molecule has 0 aliphatic heterocycles. The molecule has 0 saturated heterocycles. The first kappa shape index (κ1) is 17.8. The van der Waals surface area contributed by atoms with Gasteiger partial charge < -0.3 is 10.5 Å². The van der Waals surface area contributed by atoms with Crippen LogP contribution < -0.4 is 5.73 Å². The monoisotopic (exact) mass is 315 g/mol. The zero-order valence-electron chi connectivity index (χ0n) is 12.4. The molecule has 118 valence electrons. The van der Waals surface area contributed by atoms with Crippen LogP contribution >= 0.6 is 0 Å². The SMILES string of the molecule is CCc1cccc(CC)c1C(OC)C(=O)C(N)S(=O)(=O)O. The van der Waals surface area contributed by atoms with Crippen LogP contribution in [0.1, 0.15) is 36.6 Å². The van der Waals surface area contributed by atoms with Crippen molar-refractivity contribution in [2.45, 2.75) is 38.2 Å². The summed E-state index contributed by atoms with van der Waals surface area (Å²) < 4.78 is 36.3. The maximum atomic E-state index is 12.3. The van der Waals surface area contributed by atoms with Gasteiger partial charge in [0.25, 0.3) is 10.1 Å². The Labute approximate surface area is 125 Å². The van der Waals surface area contributed by atoms with Crippen molar-refractivity contribution in [2.75, 3.05) is 7.11 Å². The van der Waals surface area contributed by atoms with E-state index in [0.717, 1.165) is 11.1 Å². The highest BCUT2D eigenvalue weighted by atomic mass is 32.2. The second kappa shape index (κ2) is 7.13. The lowest BCUT2D eigenvalue weighted by Gasteiger charge is -2.22. The third-order valence-electron chi connectivity index (χ3n) is 3.41. The van der Waals surface area contributed by atoms with Crippen LogP contribution in [-0.4, -0.2) is 31.2 Å². The highest BCUT2D eigenvalue weighted by molar-refractivity contribution is 7.87. The van der Waals surface area contributed by atoms with E-state index < -0.39 is 27.4 Å². The summed E-state index contributed by atoms with van der Waals surface area (Å²) in [6.45, 7) is 3.86. The molecule has 21 heavy (non-hydrogen) atoms. The van der Waals surface area contributed by atoms with E-state index in [1.165, 1.54) is 7.11 Å². The summed E-state index contributed by atoms with van der Waals surface area (Å²) in [5.74, 6) is -0.879. The lowest BCUT2D eigenvalue weighted by Crippen LogP contribution is -2.42. The van der Waals surface area contributed by atoms with Crippen molar-refractivity contribution in [3.8, 4) is 0 Å². The predicted octanol–water partition coefficient (Wildman–Crippen LogP) is 1.24. The second-order valence-electron chi connectivity index (χ2n) is 4.65. The van der Waals surface area contributed by atoms with E-state index in [2.05, 4.69) is 0 Å². The number of methoxy groups -OCH3 is 1. The van der Waals surface area contributed by atoms with Crippen LogP contribution in [-0.2, 0) is 32.5 Å². The fourth-order valence-corrected chi connectivity index (χ4v) is 2.71. The summed E-state index contributed by atoms with van der Waals surface area (Å²) in [5, 5.41) is -2.02. The van der Waals surface area contributed by atoms with Crippen LogP contribution in [0.5, 0.6) is 0 Å². The maximum Gasteiger partial charge on any atom is 0.288 e. The molecule has 3 N–H and O–H groups in total. The Morgan fingerprint density at radius 1 is 1.29 bits per heavy atom. The molecule has 0 aromatic heterocycles. The molecule has 1 rings (SSSR count). The molecule has 0 aliphatic rings. The molecule has 0 bridgehead atoms. The van der Waals surface area contributed by atoms with Crippen LogP contribution in [0.15, 0.2) is 18.2 Å². The fraction of sp³-hybridized carbons (Fsp3) is 0.500. The largest absolute Gasteiger partial charge is 0.369 e. The molecule has 0 amide bonds. The van der Waals surface area contributed by atoms with Crippen LogP contribution in [0.4, 0.5) is 0 Å². The van der Waals surface area contributed by atoms with Gasteiger partial charge in [-0.1, -0.05) is 32.0 Å². The van der Waals surface area contributed by atoms with Gasteiger partial charge in [-0.15, -0.1) is 0 Å². The van der Waals surface area contributed by atoms with E-state index in [-0.39, 0.29) is 0 Å². The van der Waals surface area contributed by atoms with E-state index in [4.69, 9.17) is 15.0 Å². The first-order valence-electron chi connectivity index (χ1n) is 6.66. The predicted molar refractivity (Wildman–Crippen MR) is 79.5 cm³/mol. The van der Waals surface area contributed by atoms with E-state index in [1.807, 2.05) is 32.0 Å². The van der Waals surface area contributed by atoms with Crippen LogP contribution in [0, 0.1) is 0 Å². The van der Waals surface area contributed by atoms with Crippen LogP contribution in [0.2, 0.25) is 0 Å². The molecule has 0 fully saturated rings. The average Bonchev–Trinajstić information content (AvgIpc) is 2.46. The summed E-state index contributed by atoms with van der Waals surface area (Å²) >= 11 is 0. The van der Waals surface area contributed by atoms with Gasteiger partial charge >= 0.3 is 0 Å². The van der Waals surface area contributed by atoms with Crippen molar-refractivity contribution in [2.24, 2.45) is 5.73 Å². The number of ketones is 1. The molecular weight excluding hydrogens is 294 g/mol. The zero-order chi connectivity index (χ0) is 16.2. The number of ether oxygens (including phenoxy) is 1. The van der Waals surface area contributed by atoms with Gasteiger partial charge in [0, 0.05) is 7.11 Å². The molecule has 2 atom stereocenters. The van der Waals surface area contributed by atoms with Gasteiger partial charge in [-0.2, -0.15) is 8.42 Å². The molecule has 6 nitrogen and oxygen atoms in total. The van der Waals surface area contributed by atoms with E-state index in [1.54, 1.807) is 0 Å². The Bertz CT molecular complexity index is 590. The molecule has 0 spiro atoms. The maximum absolute atomic E-state index is 12.3. The minimum absolute atomic E-state index is 0.633. The van der Waals surface area contributed by atoms with Gasteiger partial charge in [0.1, 0.15) is 6.10 Å². The smallest absolute Gasteiger partial charge is 0.288 e. The van der Waals surface area contributed by atoms with Gasteiger partial charge in [0.2, 0.25) is 5.78 Å². The standard InChI is InChI=1S/C14H21NO5S/c1-4-9-7-6-8-10(5-2)11(9)13(20-3)12(16)14(15)21(17,18)19/h6-8,13-14H,4-5,15H2,1-3H3,(H,17,18,19). The minimum atomic E-state index is -4.66. The third kappa shape index (κ3) is 3.88. The topological polar surface area (TPSA) is 107 Å². The number of aryl methyl sites for hydroxylation is 2. The number of hydrogen-bond donors (Lipinski definition) is 2. The van der Waals surface area contributed by atoms with Gasteiger partial charge in [-0.3, -0.25) is 9.35 Å². The van der Waals surface area contributed by atoms with Crippen molar-refractivity contribution in [1.82, 2.24) is 0 Å². The Hall–Kier alpha value is -1.28. The lowest BCUT2D eigenvalue weighted by atomic mass is 9.91. The van der Waals surface area contributed by atoms with Gasteiger partial charge in [-0.05, 0) is 29.5 Å². The van der Waals surface area contributed by atoms with Crippen molar-refractivity contribution < 1.29 is 22.5 Å². The summed E-state index contributed by atoms with van der Waals surface area (Å²) in [7, 11) is -3.35. The first-order chi connectivity index (χ1) is 9.77. The molecule has 1 aromatic rings. The molecule has 7 heteroatoms. The molecule has 2 unspecified atom stereocenters. The van der Waals surface area contributed by atoms with Crippen LogP contribution in [0.25, 0.3) is 0 Å². The Morgan fingerprint density at radius 3 is 2.10 bits per heavy atom. The molecule has 0 aliphatic carbocycles. The fourth-order valence-electron chi connectivity index (χ4n) is 2.29. The third-order valence-corrected chi connectivity index (χ3v) is 4.28. The molecule has 0 heterocycles. The normalized spacial score (nSPS) is 14.7. The van der Waals surface area contributed by atoms with Crippen molar-refractivity contribution in [3.63, 3.8) is 0 Å².